The number of nitro groups is 1. The van der Waals surface area contributed by atoms with Crippen LogP contribution >= 0.6 is 23.2 Å². The minimum Gasteiger partial charge on any atom is -0.497 e. The molecule has 0 N–H and O–H groups in total. The zero-order valence-electron chi connectivity index (χ0n) is 19.2. The van der Waals surface area contributed by atoms with Gasteiger partial charge in [-0.05, 0) is 70.8 Å². The number of nitrogens with zero attached hydrogens (tertiary/aromatic N) is 2. The van der Waals surface area contributed by atoms with Gasteiger partial charge in [0.2, 0.25) is 0 Å². The molecule has 5 rings (SSSR count). The molecule has 0 aliphatic carbocycles. The van der Waals surface area contributed by atoms with Crippen molar-refractivity contribution in [3.05, 3.63) is 133 Å². The van der Waals surface area contributed by atoms with E-state index in [1.165, 1.54) is 24.3 Å². The highest BCUT2D eigenvalue weighted by Gasteiger charge is 2.33. The van der Waals surface area contributed by atoms with Gasteiger partial charge in [-0.2, -0.15) is 0 Å². The Labute approximate surface area is 217 Å². The summed E-state index contributed by atoms with van der Waals surface area (Å²) in [5.41, 5.74) is 4.51. The fraction of sp³-hybridized carbons (Fsp3) is 0.107. The van der Waals surface area contributed by atoms with Crippen LogP contribution in [0.5, 0.6) is 5.75 Å². The number of nitro benzene ring substituents is 1. The lowest BCUT2D eigenvalue weighted by Crippen LogP contribution is -2.30. The molecule has 4 aromatic rings. The summed E-state index contributed by atoms with van der Waals surface area (Å²) < 4.78 is 5.53. The summed E-state index contributed by atoms with van der Waals surface area (Å²) in [4.78, 5) is 26.1. The van der Waals surface area contributed by atoms with E-state index in [9.17, 15) is 14.9 Å². The zero-order valence-corrected chi connectivity index (χ0v) is 20.7. The van der Waals surface area contributed by atoms with Gasteiger partial charge in [0.05, 0.1) is 18.6 Å². The fourth-order valence-electron chi connectivity index (χ4n) is 4.65. The topological polar surface area (TPSA) is 72.7 Å². The van der Waals surface area contributed by atoms with Crippen LogP contribution in [-0.4, -0.2) is 17.9 Å². The molecule has 0 saturated heterocycles. The average Bonchev–Trinajstić information content (AvgIpc) is 3.02. The predicted octanol–water partition coefficient (Wildman–Crippen LogP) is 7.25. The molecule has 6 nitrogen and oxygen atoms in total. The fourth-order valence-corrected chi connectivity index (χ4v) is 5.07. The summed E-state index contributed by atoms with van der Waals surface area (Å²) in [5.74, 6) is 0.0896. The Morgan fingerprint density at radius 2 is 1.69 bits per heavy atom. The van der Waals surface area contributed by atoms with Crippen LogP contribution in [0.15, 0.2) is 84.9 Å². The van der Waals surface area contributed by atoms with Gasteiger partial charge in [0, 0.05) is 39.3 Å². The van der Waals surface area contributed by atoms with Gasteiger partial charge < -0.3 is 9.64 Å². The van der Waals surface area contributed by atoms with E-state index in [1.807, 2.05) is 54.6 Å². The Morgan fingerprint density at radius 1 is 0.944 bits per heavy atom. The van der Waals surface area contributed by atoms with E-state index in [0.29, 0.717) is 27.0 Å². The first-order valence-electron chi connectivity index (χ1n) is 11.1. The van der Waals surface area contributed by atoms with Crippen LogP contribution < -0.4 is 9.64 Å². The summed E-state index contributed by atoms with van der Waals surface area (Å²) in [7, 11) is 1.61. The molecule has 0 fully saturated rings. The standard InChI is InChI=1S/C28H20Cl2N2O4/c1-36-21-12-8-18-16-31(28(33)17-6-10-20(11-7-17)32(34)35)26-13-9-19(29)14-24(26)27(23(18)15-21)22-4-2-3-5-25(22)30/h2-15,27H,16H2,1H3. The van der Waals surface area contributed by atoms with Gasteiger partial charge in [-0.1, -0.05) is 47.5 Å². The second kappa shape index (κ2) is 9.64. The number of hydrogen-bond acceptors (Lipinski definition) is 4. The van der Waals surface area contributed by atoms with Crippen molar-refractivity contribution in [2.45, 2.75) is 12.5 Å². The van der Waals surface area contributed by atoms with Gasteiger partial charge in [0.15, 0.2) is 0 Å². The summed E-state index contributed by atoms with van der Waals surface area (Å²) in [6, 6.07) is 24.4. The lowest BCUT2D eigenvalue weighted by molar-refractivity contribution is -0.384. The van der Waals surface area contributed by atoms with E-state index in [0.717, 1.165) is 22.3 Å². The number of ether oxygens (including phenoxy) is 1. The minimum absolute atomic E-state index is 0.0779. The molecule has 0 bridgehead atoms. The van der Waals surface area contributed by atoms with Crippen LogP contribution in [-0.2, 0) is 6.54 Å². The maximum atomic E-state index is 13.8. The van der Waals surface area contributed by atoms with E-state index < -0.39 is 4.92 Å². The van der Waals surface area contributed by atoms with Crippen molar-refractivity contribution in [3.8, 4) is 5.75 Å². The molecule has 0 radical (unpaired) electrons. The molecule has 1 aliphatic heterocycles. The first-order chi connectivity index (χ1) is 17.4. The number of non-ortho nitro benzene ring substituents is 1. The maximum absolute atomic E-state index is 13.8. The largest absolute Gasteiger partial charge is 0.497 e. The van der Waals surface area contributed by atoms with E-state index in [4.69, 9.17) is 27.9 Å². The Bertz CT molecular complexity index is 1490. The summed E-state index contributed by atoms with van der Waals surface area (Å²) >= 11 is 13.2. The van der Waals surface area contributed by atoms with Crippen LogP contribution in [0.1, 0.15) is 38.5 Å². The third kappa shape index (κ3) is 4.30. The number of methoxy groups -OCH3 is 1. The smallest absolute Gasteiger partial charge is 0.269 e. The summed E-state index contributed by atoms with van der Waals surface area (Å²) in [6.07, 6.45) is 0. The van der Waals surface area contributed by atoms with Gasteiger partial charge in [-0.3, -0.25) is 14.9 Å². The van der Waals surface area contributed by atoms with Gasteiger partial charge in [-0.25, -0.2) is 0 Å². The van der Waals surface area contributed by atoms with Crippen molar-refractivity contribution < 1.29 is 14.5 Å². The molecule has 1 atom stereocenters. The Kier molecular flexibility index (Phi) is 6.39. The number of carbonyl (C=O) groups is 1. The molecule has 0 aromatic heterocycles. The van der Waals surface area contributed by atoms with Gasteiger partial charge in [0.25, 0.3) is 11.6 Å². The van der Waals surface area contributed by atoms with Gasteiger partial charge in [-0.15, -0.1) is 0 Å². The van der Waals surface area contributed by atoms with E-state index in [1.54, 1.807) is 18.1 Å². The lowest BCUT2D eigenvalue weighted by atomic mass is 9.83. The van der Waals surface area contributed by atoms with E-state index in [2.05, 4.69) is 0 Å². The van der Waals surface area contributed by atoms with Gasteiger partial charge in [0.1, 0.15) is 5.75 Å². The van der Waals surface area contributed by atoms with E-state index in [-0.39, 0.29) is 24.1 Å². The number of benzene rings is 4. The Balaban J connectivity index is 1.74. The Hall–Kier alpha value is -3.87. The molecule has 1 heterocycles. The van der Waals surface area contributed by atoms with Crippen LogP contribution in [0.4, 0.5) is 11.4 Å². The van der Waals surface area contributed by atoms with Crippen molar-refractivity contribution in [1.29, 1.82) is 0 Å². The second-order valence-corrected chi connectivity index (χ2v) is 9.26. The van der Waals surface area contributed by atoms with Crippen LogP contribution in [0.25, 0.3) is 0 Å². The van der Waals surface area contributed by atoms with Crippen LogP contribution in [0.2, 0.25) is 10.0 Å². The molecule has 1 amide bonds. The quantitative estimate of drug-likeness (QED) is 0.210. The second-order valence-electron chi connectivity index (χ2n) is 8.42. The highest BCUT2D eigenvalue weighted by atomic mass is 35.5. The molecule has 36 heavy (non-hydrogen) atoms. The van der Waals surface area contributed by atoms with Crippen molar-refractivity contribution in [3.63, 3.8) is 0 Å². The van der Waals surface area contributed by atoms with Crippen LogP contribution in [0.3, 0.4) is 0 Å². The number of carbonyl (C=O) groups excluding carboxylic acids is 1. The van der Waals surface area contributed by atoms with Crippen molar-refractivity contribution in [2.24, 2.45) is 0 Å². The van der Waals surface area contributed by atoms with E-state index >= 15 is 0 Å². The maximum Gasteiger partial charge on any atom is 0.269 e. The summed E-state index contributed by atoms with van der Waals surface area (Å²) in [5, 5.41) is 12.2. The highest BCUT2D eigenvalue weighted by molar-refractivity contribution is 6.31. The highest BCUT2D eigenvalue weighted by Crippen LogP contribution is 2.46. The first-order valence-corrected chi connectivity index (χ1v) is 11.9. The predicted molar refractivity (Wildman–Crippen MR) is 140 cm³/mol. The monoisotopic (exact) mass is 518 g/mol. The number of anilines is 1. The van der Waals surface area contributed by atoms with Crippen molar-refractivity contribution >= 4 is 40.5 Å². The zero-order chi connectivity index (χ0) is 25.4. The lowest BCUT2D eigenvalue weighted by Gasteiger charge is -2.25. The molecule has 0 spiro atoms. The third-order valence-electron chi connectivity index (χ3n) is 6.37. The number of hydrogen-bond donors (Lipinski definition) is 0. The first kappa shape index (κ1) is 23.9. The van der Waals surface area contributed by atoms with Crippen molar-refractivity contribution in [1.82, 2.24) is 0 Å². The van der Waals surface area contributed by atoms with Gasteiger partial charge >= 0.3 is 0 Å². The third-order valence-corrected chi connectivity index (χ3v) is 6.95. The molecule has 1 unspecified atom stereocenters. The normalized spacial score (nSPS) is 14.4. The molecule has 0 saturated carbocycles. The molecule has 180 valence electrons. The molecular formula is C28H20Cl2N2O4. The molecular weight excluding hydrogens is 499 g/mol. The minimum atomic E-state index is -0.491. The number of fused-ring (bicyclic) bond motifs is 2. The molecule has 4 aromatic carbocycles. The number of halogens is 2. The Morgan fingerprint density at radius 3 is 2.39 bits per heavy atom. The number of amides is 1. The molecule has 1 aliphatic rings. The van der Waals surface area contributed by atoms with Crippen LogP contribution in [0, 0.1) is 10.1 Å². The molecule has 8 heteroatoms. The number of rotatable bonds is 4. The SMILES string of the molecule is COc1ccc2c(c1)C(c1ccccc1Cl)c1cc(Cl)ccc1N(C(=O)c1ccc([N+](=O)[O-])cc1)C2. The van der Waals surface area contributed by atoms with Crippen molar-refractivity contribution in [2.75, 3.05) is 12.0 Å². The summed E-state index contributed by atoms with van der Waals surface area (Å²) in [6.45, 7) is 0.282. The average molecular weight is 519 g/mol.